The van der Waals surface area contributed by atoms with E-state index < -0.39 is 6.61 Å². The molecule has 0 unspecified atom stereocenters. The molecule has 1 rings (SSSR count). The normalized spacial score (nSPS) is 13.1. The summed E-state index contributed by atoms with van der Waals surface area (Å²) in [6, 6.07) is 4.03. The topological polar surface area (TPSA) is 9.23 Å². The van der Waals surface area contributed by atoms with Crippen LogP contribution < -0.4 is 4.74 Å². The van der Waals surface area contributed by atoms with Crippen molar-refractivity contribution in [3.05, 3.63) is 28.8 Å². The molecule has 0 radical (unpaired) electrons. The summed E-state index contributed by atoms with van der Waals surface area (Å²) in [6.45, 7) is 13.7. The van der Waals surface area contributed by atoms with Gasteiger partial charge in [0.25, 0.3) is 0 Å². The summed E-state index contributed by atoms with van der Waals surface area (Å²) in [4.78, 5) is 0. The third-order valence-electron chi connectivity index (χ3n) is 3.62. The highest BCUT2D eigenvalue weighted by Gasteiger charge is 2.28. The fourth-order valence-electron chi connectivity index (χ4n) is 2.29. The van der Waals surface area contributed by atoms with Gasteiger partial charge < -0.3 is 4.74 Å². The Hall–Kier alpha value is -1.12. The van der Waals surface area contributed by atoms with Crippen molar-refractivity contribution in [2.75, 3.05) is 0 Å². The third-order valence-corrected chi connectivity index (χ3v) is 3.62. The molecule has 1 aromatic carbocycles. The molecule has 0 aromatic heterocycles. The van der Waals surface area contributed by atoms with Gasteiger partial charge in [0.2, 0.25) is 0 Å². The minimum Gasteiger partial charge on any atom is -0.434 e. The van der Waals surface area contributed by atoms with Gasteiger partial charge in [0.15, 0.2) is 0 Å². The Morgan fingerprint density at radius 1 is 0.905 bits per heavy atom. The van der Waals surface area contributed by atoms with E-state index in [1.54, 1.807) is 0 Å². The molecule has 0 fully saturated rings. The lowest BCUT2D eigenvalue weighted by Crippen LogP contribution is -2.20. The van der Waals surface area contributed by atoms with E-state index in [9.17, 15) is 8.78 Å². The number of hydrogen-bond donors (Lipinski definition) is 0. The lowest BCUT2D eigenvalue weighted by Gasteiger charge is -2.30. The minimum atomic E-state index is -2.80. The first-order chi connectivity index (χ1) is 9.34. The fraction of sp³-hybridized carbons (Fsp3) is 0.667. The molecular formula is C18H28F2O. The van der Waals surface area contributed by atoms with Crippen LogP contribution in [-0.4, -0.2) is 6.61 Å². The number of rotatable bonds is 3. The van der Waals surface area contributed by atoms with Gasteiger partial charge in [-0.05, 0) is 27.9 Å². The summed E-state index contributed by atoms with van der Waals surface area (Å²) in [5.74, 6) is 0.475. The van der Waals surface area contributed by atoms with Crippen LogP contribution in [0.4, 0.5) is 8.78 Å². The van der Waals surface area contributed by atoms with Crippen molar-refractivity contribution in [2.24, 2.45) is 0 Å². The lowest BCUT2D eigenvalue weighted by molar-refractivity contribution is -0.0516. The third kappa shape index (κ3) is 4.42. The van der Waals surface area contributed by atoms with Crippen LogP contribution in [0, 0.1) is 0 Å². The largest absolute Gasteiger partial charge is 0.434 e. The Morgan fingerprint density at radius 2 is 1.43 bits per heavy atom. The first-order valence-electron chi connectivity index (χ1n) is 7.47. The Kier molecular flexibility index (Phi) is 5.07. The van der Waals surface area contributed by atoms with Crippen molar-refractivity contribution in [3.8, 4) is 5.75 Å². The summed E-state index contributed by atoms with van der Waals surface area (Å²) in [5.41, 5.74) is 2.56. The van der Waals surface area contributed by atoms with Crippen LogP contribution in [0.2, 0.25) is 0 Å². The highest BCUT2D eigenvalue weighted by atomic mass is 19.3. The van der Waals surface area contributed by atoms with Crippen molar-refractivity contribution in [1.82, 2.24) is 0 Å². The second-order valence-corrected chi connectivity index (χ2v) is 7.98. The monoisotopic (exact) mass is 298 g/mol. The minimum absolute atomic E-state index is 0.0347. The molecular weight excluding hydrogens is 270 g/mol. The zero-order valence-corrected chi connectivity index (χ0v) is 14.5. The van der Waals surface area contributed by atoms with Crippen LogP contribution in [0.25, 0.3) is 0 Å². The van der Waals surface area contributed by atoms with Gasteiger partial charge in [0.1, 0.15) is 5.75 Å². The van der Waals surface area contributed by atoms with Crippen molar-refractivity contribution in [1.29, 1.82) is 0 Å². The average Bonchev–Trinajstić information content (AvgIpc) is 2.24. The Bertz CT molecular complexity index is 491. The number of ether oxygens (including phenoxy) is 1. The van der Waals surface area contributed by atoms with Crippen LogP contribution >= 0.6 is 0 Å². The van der Waals surface area contributed by atoms with E-state index in [1.807, 2.05) is 46.8 Å². The van der Waals surface area contributed by atoms with E-state index in [-0.39, 0.29) is 16.7 Å². The highest BCUT2D eigenvalue weighted by molar-refractivity contribution is 5.50. The van der Waals surface area contributed by atoms with Gasteiger partial charge >= 0.3 is 6.61 Å². The van der Waals surface area contributed by atoms with Crippen molar-refractivity contribution < 1.29 is 13.5 Å². The maximum Gasteiger partial charge on any atom is 0.387 e. The number of hydrogen-bond acceptors (Lipinski definition) is 1. The van der Waals surface area contributed by atoms with Crippen LogP contribution in [0.5, 0.6) is 5.75 Å². The molecule has 21 heavy (non-hydrogen) atoms. The number of benzene rings is 1. The first-order valence-corrected chi connectivity index (χ1v) is 7.47. The van der Waals surface area contributed by atoms with Gasteiger partial charge in [-0.1, -0.05) is 67.5 Å². The second kappa shape index (κ2) is 5.94. The van der Waals surface area contributed by atoms with E-state index in [2.05, 4.69) is 20.8 Å². The molecule has 0 N–H and O–H groups in total. The van der Waals surface area contributed by atoms with Crippen LogP contribution in [-0.2, 0) is 10.8 Å². The quantitative estimate of drug-likeness (QED) is 0.664. The molecule has 120 valence electrons. The van der Waals surface area contributed by atoms with E-state index in [1.165, 1.54) is 0 Å². The zero-order valence-electron chi connectivity index (χ0n) is 14.5. The predicted octanol–water partition coefficient (Wildman–Crippen LogP) is 6.01. The van der Waals surface area contributed by atoms with E-state index >= 15 is 0 Å². The standard InChI is InChI=1S/C18H28F2O/c1-11(2)13-9-12(17(3,4)5)10-14(18(6,7)8)15(13)21-16(19)20/h9-11,16H,1-8H3. The first kappa shape index (κ1) is 17.9. The van der Waals surface area contributed by atoms with Gasteiger partial charge in [0.05, 0.1) is 0 Å². The van der Waals surface area contributed by atoms with E-state index in [0.29, 0.717) is 5.75 Å². The van der Waals surface area contributed by atoms with Gasteiger partial charge in [-0.15, -0.1) is 0 Å². The van der Waals surface area contributed by atoms with Gasteiger partial charge in [-0.2, -0.15) is 8.78 Å². The Balaban J connectivity index is 3.66. The van der Waals surface area contributed by atoms with Crippen molar-refractivity contribution in [2.45, 2.75) is 78.7 Å². The van der Waals surface area contributed by atoms with Gasteiger partial charge in [0, 0.05) is 5.56 Å². The summed E-state index contributed by atoms with van der Waals surface area (Å²) in [6.07, 6.45) is 0. The molecule has 3 heteroatoms. The molecule has 0 aliphatic carbocycles. The van der Waals surface area contributed by atoms with Gasteiger partial charge in [-0.25, -0.2) is 0 Å². The summed E-state index contributed by atoms with van der Waals surface area (Å²) in [7, 11) is 0. The summed E-state index contributed by atoms with van der Waals surface area (Å²) < 4.78 is 30.6. The van der Waals surface area contributed by atoms with E-state index in [0.717, 1.165) is 16.7 Å². The van der Waals surface area contributed by atoms with Crippen molar-refractivity contribution >= 4 is 0 Å². The predicted molar refractivity (Wildman–Crippen MR) is 84.6 cm³/mol. The Labute approximate surface area is 127 Å². The molecule has 0 saturated carbocycles. The molecule has 0 saturated heterocycles. The zero-order chi connectivity index (χ0) is 16.6. The molecule has 1 nitrogen and oxygen atoms in total. The second-order valence-electron chi connectivity index (χ2n) is 7.98. The van der Waals surface area contributed by atoms with Crippen LogP contribution in [0.3, 0.4) is 0 Å². The summed E-state index contributed by atoms with van der Waals surface area (Å²) in [5, 5.41) is 0. The number of alkyl halides is 2. The van der Waals surface area contributed by atoms with Crippen molar-refractivity contribution in [3.63, 3.8) is 0 Å². The molecule has 0 spiro atoms. The molecule has 0 aliphatic rings. The molecule has 0 bridgehead atoms. The molecule has 0 atom stereocenters. The Morgan fingerprint density at radius 3 is 1.76 bits per heavy atom. The highest BCUT2D eigenvalue weighted by Crippen LogP contribution is 2.41. The summed E-state index contributed by atoms with van der Waals surface area (Å²) >= 11 is 0. The molecule has 0 aliphatic heterocycles. The van der Waals surface area contributed by atoms with E-state index in [4.69, 9.17) is 4.74 Å². The lowest BCUT2D eigenvalue weighted by atomic mass is 9.77. The molecule has 1 aromatic rings. The number of halogens is 2. The average molecular weight is 298 g/mol. The van der Waals surface area contributed by atoms with Crippen LogP contribution in [0.15, 0.2) is 12.1 Å². The SMILES string of the molecule is CC(C)c1cc(C(C)(C)C)cc(C(C)(C)C)c1OC(F)F. The van der Waals surface area contributed by atoms with Gasteiger partial charge in [-0.3, -0.25) is 0 Å². The molecule has 0 amide bonds. The maximum absolute atomic E-state index is 12.8. The fourth-order valence-corrected chi connectivity index (χ4v) is 2.29. The molecule has 0 heterocycles. The smallest absolute Gasteiger partial charge is 0.387 e. The maximum atomic E-state index is 12.8. The van der Waals surface area contributed by atoms with Crippen LogP contribution in [0.1, 0.15) is 78.0 Å².